The zero-order chi connectivity index (χ0) is 18.5. The van der Waals surface area contributed by atoms with Crippen LogP contribution in [0.5, 0.6) is 5.75 Å². The van der Waals surface area contributed by atoms with Gasteiger partial charge in [0.25, 0.3) is 5.91 Å². The predicted octanol–water partition coefficient (Wildman–Crippen LogP) is 3.73. The average Bonchev–Trinajstić information content (AvgIpc) is 2.62. The number of carbonyl (C=O) groups is 1. The fraction of sp³-hybridized carbons (Fsp3) is 0.350. The van der Waals surface area contributed by atoms with Gasteiger partial charge in [0.2, 0.25) is 0 Å². The van der Waals surface area contributed by atoms with E-state index in [1.54, 1.807) is 30.0 Å². The molecule has 4 nitrogen and oxygen atoms in total. The van der Waals surface area contributed by atoms with Crippen LogP contribution in [0.3, 0.4) is 0 Å². The van der Waals surface area contributed by atoms with E-state index in [1.807, 2.05) is 31.1 Å². The van der Waals surface area contributed by atoms with Crippen LogP contribution in [-0.4, -0.2) is 43.8 Å². The molecule has 0 aromatic heterocycles. The highest BCUT2D eigenvalue weighted by molar-refractivity contribution is 7.99. The zero-order valence-electron chi connectivity index (χ0n) is 15.0. The number of likely N-dealkylation sites (N-methyl/N-ethyl adjacent to an activating group) is 1. The molecule has 1 heterocycles. The maximum absolute atomic E-state index is 13.7. The summed E-state index contributed by atoms with van der Waals surface area (Å²) in [5.41, 5.74) is 1.35. The molecular formula is C20H23FN2O2S. The Hall–Kier alpha value is -2.05. The minimum atomic E-state index is -0.280. The van der Waals surface area contributed by atoms with Crippen molar-refractivity contribution in [2.24, 2.45) is 0 Å². The van der Waals surface area contributed by atoms with Gasteiger partial charge < -0.3 is 15.0 Å². The topological polar surface area (TPSA) is 41.6 Å². The third-order valence-electron chi connectivity index (χ3n) is 4.24. The van der Waals surface area contributed by atoms with Gasteiger partial charge in [-0.1, -0.05) is 12.1 Å². The number of thioether (sulfide) groups is 1. The number of para-hydroxylation sites is 1. The molecule has 2 aromatic rings. The smallest absolute Gasteiger partial charge is 0.255 e. The number of amides is 1. The summed E-state index contributed by atoms with van der Waals surface area (Å²) in [6, 6.07) is 11.8. The van der Waals surface area contributed by atoms with Crippen molar-refractivity contribution < 1.29 is 13.9 Å². The predicted molar refractivity (Wildman–Crippen MR) is 102 cm³/mol. The van der Waals surface area contributed by atoms with Crippen molar-refractivity contribution in [3.8, 4) is 5.75 Å². The van der Waals surface area contributed by atoms with Crippen LogP contribution in [-0.2, 0) is 0 Å². The van der Waals surface area contributed by atoms with E-state index in [1.165, 1.54) is 12.1 Å². The summed E-state index contributed by atoms with van der Waals surface area (Å²) >= 11 is 1.69. The third-order valence-corrected chi connectivity index (χ3v) is 5.37. The molecule has 138 valence electrons. The van der Waals surface area contributed by atoms with Gasteiger partial charge in [-0.3, -0.25) is 4.79 Å². The highest BCUT2D eigenvalue weighted by Gasteiger charge is 2.24. The van der Waals surface area contributed by atoms with E-state index in [0.717, 1.165) is 29.2 Å². The number of ether oxygens (including phenoxy) is 1. The zero-order valence-corrected chi connectivity index (χ0v) is 15.8. The molecule has 1 aliphatic heterocycles. The molecular weight excluding hydrogens is 351 g/mol. The summed E-state index contributed by atoms with van der Waals surface area (Å²) in [5, 5.41) is 3.05. The van der Waals surface area contributed by atoms with Crippen molar-refractivity contribution in [1.29, 1.82) is 0 Å². The fourth-order valence-electron chi connectivity index (χ4n) is 2.87. The Morgan fingerprint density at radius 2 is 2.12 bits per heavy atom. The first kappa shape index (κ1) is 18.7. The Labute approximate surface area is 157 Å². The van der Waals surface area contributed by atoms with E-state index in [9.17, 15) is 9.18 Å². The van der Waals surface area contributed by atoms with Crippen molar-refractivity contribution in [1.82, 2.24) is 10.2 Å². The highest BCUT2D eigenvalue weighted by atomic mass is 32.2. The van der Waals surface area contributed by atoms with Gasteiger partial charge in [0.1, 0.15) is 18.2 Å². The van der Waals surface area contributed by atoms with Gasteiger partial charge in [0.05, 0.1) is 11.6 Å². The standard InChI is InChI=1S/C20H23FN2O2S/c1-23(2)10-11-25-18-6-4-3-5-15(18)20(24)22-17-9-12-26-19-8-7-14(21)13-16(17)19/h3-8,13,17H,9-12H2,1-2H3,(H,22,24)/t17-/m1/s1. The first-order valence-electron chi connectivity index (χ1n) is 8.64. The van der Waals surface area contributed by atoms with Gasteiger partial charge in [0.15, 0.2) is 0 Å². The second-order valence-corrected chi connectivity index (χ2v) is 7.63. The SMILES string of the molecule is CN(C)CCOc1ccccc1C(=O)N[C@@H]1CCSc2ccc(F)cc21. The van der Waals surface area contributed by atoms with E-state index in [-0.39, 0.29) is 17.8 Å². The number of carbonyl (C=O) groups excluding carboxylic acids is 1. The second kappa shape index (κ2) is 8.56. The summed E-state index contributed by atoms with van der Waals surface area (Å²) in [5.74, 6) is 0.983. The molecule has 3 rings (SSSR count). The number of fused-ring (bicyclic) bond motifs is 1. The van der Waals surface area contributed by atoms with Crippen LogP contribution in [0, 0.1) is 5.82 Å². The van der Waals surface area contributed by atoms with Gasteiger partial charge in [-0.25, -0.2) is 4.39 Å². The normalized spacial score (nSPS) is 16.2. The molecule has 0 bridgehead atoms. The van der Waals surface area contributed by atoms with Crippen molar-refractivity contribution in [3.63, 3.8) is 0 Å². The molecule has 0 unspecified atom stereocenters. The molecule has 1 amide bonds. The minimum Gasteiger partial charge on any atom is -0.491 e. The number of hydrogen-bond acceptors (Lipinski definition) is 4. The van der Waals surface area contributed by atoms with Gasteiger partial charge in [-0.15, -0.1) is 11.8 Å². The minimum absolute atomic E-state index is 0.190. The third kappa shape index (κ3) is 4.56. The average molecular weight is 374 g/mol. The second-order valence-electron chi connectivity index (χ2n) is 6.49. The Bertz CT molecular complexity index is 782. The van der Waals surface area contributed by atoms with E-state index in [0.29, 0.717) is 17.9 Å². The molecule has 0 aliphatic carbocycles. The van der Waals surface area contributed by atoms with Crippen molar-refractivity contribution in [2.75, 3.05) is 33.0 Å². The number of hydrogen-bond donors (Lipinski definition) is 1. The van der Waals surface area contributed by atoms with Crippen LogP contribution >= 0.6 is 11.8 Å². The van der Waals surface area contributed by atoms with Crippen LogP contribution in [0.25, 0.3) is 0 Å². The number of nitrogens with zero attached hydrogens (tertiary/aromatic N) is 1. The van der Waals surface area contributed by atoms with E-state index < -0.39 is 0 Å². The van der Waals surface area contributed by atoms with Gasteiger partial charge in [-0.05, 0) is 56.4 Å². The Morgan fingerprint density at radius 1 is 1.31 bits per heavy atom. The monoisotopic (exact) mass is 374 g/mol. The van der Waals surface area contributed by atoms with Crippen LogP contribution in [0.4, 0.5) is 4.39 Å². The molecule has 1 N–H and O–H groups in total. The van der Waals surface area contributed by atoms with Gasteiger partial charge in [0, 0.05) is 17.2 Å². The highest BCUT2D eigenvalue weighted by Crippen LogP contribution is 2.36. The Kier molecular flexibility index (Phi) is 6.16. The van der Waals surface area contributed by atoms with E-state index in [2.05, 4.69) is 5.32 Å². The first-order valence-corrected chi connectivity index (χ1v) is 9.63. The van der Waals surface area contributed by atoms with E-state index >= 15 is 0 Å². The van der Waals surface area contributed by atoms with Gasteiger partial charge >= 0.3 is 0 Å². The first-order chi connectivity index (χ1) is 12.5. The van der Waals surface area contributed by atoms with Crippen molar-refractivity contribution in [3.05, 3.63) is 59.4 Å². The summed E-state index contributed by atoms with van der Waals surface area (Å²) in [4.78, 5) is 15.9. The maximum atomic E-state index is 13.7. The molecule has 26 heavy (non-hydrogen) atoms. The molecule has 0 saturated carbocycles. The molecule has 2 aromatic carbocycles. The van der Waals surface area contributed by atoms with Crippen molar-refractivity contribution in [2.45, 2.75) is 17.4 Å². The molecule has 6 heteroatoms. The quantitative estimate of drug-likeness (QED) is 0.837. The number of rotatable bonds is 6. The lowest BCUT2D eigenvalue weighted by Crippen LogP contribution is -2.31. The van der Waals surface area contributed by atoms with Crippen LogP contribution in [0.2, 0.25) is 0 Å². The maximum Gasteiger partial charge on any atom is 0.255 e. The number of benzene rings is 2. The fourth-order valence-corrected chi connectivity index (χ4v) is 3.98. The van der Waals surface area contributed by atoms with Crippen molar-refractivity contribution >= 4 is 17.7 Å². The molecule has 1 aliphatic rings. The molecule has 0 saturated heterocycles. The van der Waals surface area contributed by atoms with Crippen LogP contribution < -0.4 is 10.1 Å². The molecule has 0 radical (unpaired) electrons. The molecule has 0 spiro atoms. The summed E-state index contributed by atoms with van der Waals surface area (Å²) in [7, 11) is 3.94. The molecule has 1 atom stereocenters. The largest absolute Gasteiger partial charge is 0.491 e. The Balaban J connectivity index is 1.74. The summed E-state index contributed by atoms with van der Waals surface area (Å²) in [6.45, 7) is 1.27. The lowest BCUT2D eigenvalue weighted by atomic mass is 10.0. The molecule has 0 fully saturated rings. The lowest BCUT2D eigenvalue weighted by Gasteiger charge is -2.26. The van der Waals surface area contributed by atoms with Crippen LogP contribution in [0.15, 0.2) is 47.4 Å². The summed E-state index contributed by atoms with van der Waals surface area (Å²) in [6.07, 6.45) is 0.774. The van der Waals surface area contributed by atoms with Gasteiger partial charge in [-0.2, -0.15) is 0 Å². The Morgan fingerprint density at radius 3 is 2.92 bits per heavy atom. The van der Waals surface area contributed by atoms with Crippen LogP contribution in [0.1, 0.15) is 28.4 Å². The summed E-state index contributed by atoms with van der Waals surface area (Å²) < 4.78 is 19.4. The lowest BCUT2D eigenvalue weighted by molar-refractivity contribution is 0.0930. The van der Waals surface area contributed by atoms with E-state index in [4.69, 9.17) is 4.74 Å². The number of nitrogens with one attached hydrogen (secondary N) is 1. The number of halogens is 1.